The van der Waals surface area contributed by atoms with Crippen molar-refractivity contribution in [2.45, 2.75) is 57.6 Å². The SMILES string of the molecule is CC(C)S(=O)(=O)CC1CCC(CCc2ccc(N3CCN(c4ccccc4)CC3)cc2)CC1. The fraction of sp³-hybridized carbons (Fsp3) is 0.571. The third-order valence-corrected chi connectivity index (χ3v) is 10.1. The van der Waals surface area contributed by atoms with Gasteiger partial charge in [-0.2, -0.15) is 0 Å². The summed E-state index contributed by atoms with van der Waals surface area (Å²) in [5.74, 6) is 1.50. The molecule has 2 aliphatic rings. The standard InChI is InChI=1S/C28H40N2O2S/c1-23(2)33(31,32)22-26-12-10-24(11-13-26)8-9-25-14-16-28(17-15-25)30-20-18-29(19-21-30)27-6-4-3-5-7-27/h3-7,14-17,23-24,26H,8-13,18-22H2,1-2H3. The van der Waals surface area contributed by atoms with Crippen LogP contribution >= 0.6 is 0 Å². The number of piperazine rings is 1. The Balaban J connectivity index is 1.19. The van der Waals surface area contributed by atoms with Crippen molar-refractivity contribution in [3.05, 3.63) is 60.2 Å². The molecule has 180 valence electrons. The molecule has 0 aromatic heterocycles. The average Bonchev–Trinajstić information content (AvgIpc) is 2.84. The van der Waals surface area contributed by atoms with Gasteiger partial charge in [0, 0.05) is 37.6 Å². The van der Waals surface area contributed by atoms with Crippen molar-refractivity contribution in [2.75, 3.05) is 41.7 Å². The van der Waals surface area contributed by atoms with Gasteiger partial charge in [-0.3, -0.25) is 0 Å². The van der Waals surface area contributed by atoms with Crippen molar-refractivity contribution in [2.24, 2.45) is 11.8 Å². The maximum Gasteiger partial charge on any atom is 0.152 e. The summed E-state index contributed by atoms with van der Waals surface area (Å²) in [4.78, 5) is 4.97. The van der Waals surface area contributed by atoms with E-state index in [1.807, 2.05) is 0 Å². The van der Waals surface area contributed by atoms with Crippen LogP contribution in [0.3, 0.4) is 0 Å². The molecule has 4 nitrogen and oxygen atoms in total. The van der Waals surface area contributed by atoms with Crippen molar-refractivity contribution in [1.29, 1.82) is 0 Å². The second-order valence-electron chi connectivity index (χ2n) is 10.3. The highest BCUT2D eigenvalue weighted by Gasteiger charge is 2.27. The van der Waals surface area contributed by atoms with Crippen LogP contribution in [0.15, 0.2) is 54.6 Å². The number of nitrogens with zero attached hydrogens (tertiary/aromatic N) is 2. The fourth-order valence-electron chi connectivity index (χ4n) is 5.31. The van der Waals surface area contributed by atoms with E-state index in [9.17, 15) is 8.42 Å². The van der Waals surface area contributed by atoms with Crippen molar-refractivity contribution in [3.63, 3.8) is 0 Å². The summed E-state index contributed by atoms with van der Waals surface area (Å²) in [6.07, 6.45) is 6.86. The Hall–Kier alpha value is -2.01. The second kappa shape index (κ2) is 10.9. The molecule has 33 heavy (non-hydrogen) atoms. The molecule has 4 rings (SSSR count). The van der Waals surface area contributed by atoms with Gasteiger partial charge in [0.25, 0.3) is 0 Å². The maximum absolute atomic E-state index is 12.2. The zero-order valence-electron chi connectivity index (χ0n) is 20.3. The Morgan fingerprint density at radius 2 is 1.27 bits per heavy atom. The molecule has 2 aromatic rings. The minimum Gasteiger partial charge on any atom is -0.368 e. The average molecular weight is 469 g/mol. The topological polar surface area (TPSA) is 40.6 Å². The Bertz CT molecular complexity index is 957. The first kappa shape index (κ1) is 24.1. The summed E-state index contributed by atoms with van der Waals surface area (Å²) in [7, 11) is -2.91. The lowest BCUT2D eigenvalue weighted by molar-refractivity contribution is 0.278. The predicted molar refractivity (Wildman–Crippen MR) is 140 cm³/mol. The van der Waals surface area contributed by atoms with Crippen molar-refractivity contribution in [3.8, 4) is 0 Å². The number of hydrogen-bond acceptors (Lipinski definition) is 4. The van der Waals surface area contributed by atoms with Gasteiger partial charge in [-0.1, -0.05) is 43.2 Å². The van der Waals surface area contributed by atoms with E-state index in [0.717, 1.165) is 51.4 Å². The smallest absolute Gasteiger partial charge is 0.152 e. The minimum atomic E-state index is -2.91. The van der Waals surface area contributed by atoms with Gasteiger partial charge in [0.05, 0.1) is 11.0 Å². The first-order valence-electron chi connectivity index (χ1n) is 12.8. The summed E-state index contributed by atoms with van der Waals surface area (Å²) >= 11 is 0. The number of anilines is 2. The first-order valence-corrected chi connectivity index (χ1v) is 14.5. The Labute approximate surface area is 200 Å². The Morgan fingerprint density at radius 1 is 0.758 bits per heavy atom. The van der Waals surface area contributed by atoms with Crippen molar-refractivity contribution in [1.82, 2.24) is 0 Å². The molecular formula is C28H40N2O2S. The van der Waals surface area contributed by atoms with E-state index in [4.69, 9.17) is 0 Å². The zero-order chi connectivity index (χ0) is 23.3. The lowest BCUT2D eigenvalue weighted by Crippen LogP contribution is -2.46. The van der Waals surface area contributed by atoms with Gasteiger partial charge >= 0.3 is 0 Å². The molecule has 1 saturated heterocycles. The molecule has 1 saturated carbocycles. The van der Waals surface area contributed by atoms with Gasteiger partial charge in [-0.15, -0.1) is 0 Å². The largest absolute Gasteiger partial charge is 0.368 e. The van der Waals surface area contributed by atoms with Gasteiger partial charge in [-0.25, -0.2) is 8.42 Å². The summed E-state index contributed by atoms with van der Waals surface area (Å²) in [5.41, 5.74) is 4.08. The van der Waals surface area contributed by atoms with Crippen LogP contribution < -0.4 is 9.80 Å². The molecule has 1 heterocycles. The van der Waals surface area contributed by atoms with Crippen LogP contribution in [-0.4, -0.2) is 45.6 Å². The molecule has 1 aliphatic heterocycles. The van der Waals surface area contributed by atoms with E-state index in [2.05, 4.69) is 64.4 Å². The third-order valence-electron chi connectivity index (χ3n) is 7.70. The van der Waals surface area contributed by atoms with Gasteiger partial charge in [0.1, 0.15) is 0 Å². The lowest BCUT2D eigenvalue weighted by Gasteiger charge is -2.37. The highest BCUT2D eigenvalue weighted by molar-refractivity contribution is 7.91. The number of aryl methyl sites for hydroxylation is 1. The molecule has 0 N–H and O–H groups in total. The zero-order valence-corrected chi connectivity index (χ0v) is 21.1. The highest BCUT2D eigenvalue weighted by atomic mass is 32.2. The predicted octanol–water partition coefficient (Wildman–Crippen LogP) is 5.58. The van der Waals surface area contributed by atoms with Crippen LogP contribution in [0.4, 0.5) is 11.4 Å². The molecule has 0 radical (unpaired) electrons. The molecule has 0 unspecified atom stereocenters. The molecule has 0 spiro atoms. The second-order valence-corrected chi connectivity index (χ2v) is 12.9. The molecule has 0 amide bonds. The molecule has 0 atom stereocenters. The molecule has 1 aliphatic carbocycles. The highest BCUT2D eigenvalue weighted by Crippen LogP contribution is 2.33. The van der Waals surface area contributed by atoms with E-state index in [1.165, 1.54) is 36.2 Å². The summed E-state index contributed by atoms with van der Waals surface area (Å²) in [5, 5.41) is -0.245. The van der Waals surface area contributed by atoms with Crippen LogP contribution in [0.5, 0.6) is 0 Å². The van der Waals surface area contributed by atoms with Crippen LogP contribution in [-0.2, 0) is 16.3 Å². The van der Waals surface area contributed by atoms with Crippen molar-refractivity contribution >= 4 is 21.2 Å². The molecule has 0 bridgehead atoms. The summed E-state index contributed by atoms with van der Waals surface area (Å²) in [6, 6.07) is 19.9. The fourth-order valence-corrected chi connectivity index (χ4v) is 6.69. The van der Waals surface area contributed by atoms with Gasteiger partial charge < -0.3 is 9.80 Å². The Morgan fingerprint density at radius 3 is 1.82 bits per heavy atom. The monoisotopic (exact) mass is 468 g/mol. The minimum absolute atomic E-state index is 0.245. The van der Waals surface area contributed by atoms with E-state index >= 15 is 0 Å². The van der Waals surface area contributed by atoms with E-state index < -0.39 is 9.84 Å². The first-order chi connectivity index (χ1) is 15.9. The van der Waals surface area contributed by atoms with E-state index in [0.29, 0.717) is 11.7 Å². The van der Waals surface area contributed by atoms with Gasteiger partial charge in [0.2, 0.25) is 0 Å². The number of sulfone groups is 1. The molecule has 2 aromatic carbocycles. The molecule has 2 fully saturated rings. The maximum atomic E-state index is 12.2. The lowest BCUT2D eigenvalue weighted by atomic mass is 9.80. The van der Waals surface area contributed by atoms with Gasteiger partial charge in [-0.05, 0) is 81.2 Å². The quantitative estimate of drug-likeness (QED) is 0.507. The van der Waals surface area contributed by atoms with Crippen LogP contribution in [0.1, 0.15) is 51.5 Å². The third kappa shape index (κ3) is 6.53. The van der Waals surface area contributed by atoms with Gasteiger partial charge in [0.15, 0.2) is 9.84 Å². The van der Waals surface area contributed by atoms with Crippen LogP contribution in [0.2, 0.25) is 0 Å². The molecular weight excluding hydrogens is 428 g/mol. The number of hydrogen-bond donors (Lipinski definition) is 0. The van der Waals surface area contributed by atoms with Crippen LogP contribution in [0, 0.1) is 11.8 Å². The molecule has 5 heteroatoms. The number of rotatable bonds is 8. The number of para-hydroxylation sites is 1. The Kier molecular flexibility index (Phi) is 8.00. The number of benzene rings is 2. The normalized spacial score (nSPS) is 22.0. The summed E-state index contributed by atoms with van der Waals surface area (Å²) < 4.78 is 24.4. The van der Waals surface area contributed by atoms with Crippen molar-refractivity contribution < 1.29 is 8.42 Å². The van der Waals surface area contributed by atoms with E-state index in [-0.39, 0.29) is 5.25 Å². The van der Waals surface area contributed by atoms with E-state index in [1.54, 1.807) is 13.8 Å². The van der Waals surface area contributed by atoms with Crippen LogP contribution in [0.25, 0.3) is 0 Å². The summed E-state index contributed by atoms with van der Waals surface area (Å²) in [6.45, 7) is 7.85.